The molecule has 56 valence electrons. The molecule has 10 heavy (non-hydrogen) atoms. The van der Waals surface area contributed by atoms with Gasteiger partial charge in [0, 0.05) is 0 Å². The van der Waals surface area contributed by atoms with E-state index in [1.165, 1.54) is 0 Å². The molecule has 0 aliphatic heterocycles. The number of aromatic nitrogens is 2. The molecule has 0 amide bonds. The Hall–Kier alpha value is -0.160. The van der Waals surface area contributed by atoms with E-state index in [-0.39, 0.29) is 9.63 Å². The fourth-order valence-electron chi connectivity index (χ4n) is 0.447. The summed E-state index contributed by atoms with van der Waals surface area (Å²) in [6.45, 7) is -2.64. The Kier molecular flexibility index (Phi) is 2.25. The molecule has 0 bridgehead atoms. The lowest BCUT2D eigenvalue weighted by molar-refractivity contribution is 0.0563. The highest BCUT2D eigenvalue weighted by Gasteiger charge is 2.09. The number of alkyl halides is 2. The normalized spacial score (nSPS) is 10.9. The van der Waals surface area contributed by atoms with E-state index in [1.54, 1.807) is 0 Å². The topological polar surface area (TPSA) is 17.8 Å². The SMILES string of the molecule is FC(F)n1cc(Cl)c(Br)n1. The third kappa shape index (κ3) is 1.46. The maximum Gasteiger partial charge on any atom is 0.333 e. The van der Waals surface area contributed by atoms with Crippen LogP contribution in [0, 0.1) is 0 Å². The number of hydrogen-bond acceptors (Lipinski definition) is 1. The first-order chi connectivity index (χ1) is 4.61. The Balaban J connectivity index is 2.98. The molecule has 0 unspecified atom stereocenters. The van der Waals surface area contributed by atoms with E-state index in [4.69, 9.17) is 11.6 Å². The van der Waals surface area contributed by atoms with Crippen molar-refractivity contribution in [2.24, 2.45) is 0 Å². The molecule has 0 spiro atoms. The van der Waals surface area contributed by atoms with Crippen LogP contribution in [-0.2, 0) is 0 Å². The molecule has 0 radical (unpaired) electrons. The Morgan fingerprint density at radius 3 is 2.50 bits per heavy atom. The summed E-state index contributed by atoms with van der Waals surface area (Å²) in [5, 5.41) is 3.54. The van der Waals surface area contributed by atoms with Crippen LogP contribution in [0.5, 0.6) is 0 Å². The Bertz CT molecular complexity index is 218. The predicted octanol–water partition coefficient (Wildman–Crippen LogP) is 2.69. The highest BCUT2D eigenvalue weighted by Crippen LogP contribution is 2.22. The van der Waals surface area contributed by atoms with Gasteiger partial charge in [-0.1, -0.05) is 11.6 Å². The average molecular weight is 231 g/mol. The van der Waals surface area contributed by atoms with Crippen molar-refractivity contribution in [3.8, 4) is 0 Å². The fraction of sp³-hybridized carbons (Fsp3) is 0.250. The van der Waals surface area contributed by atoms with Gasteiger partial charge < -0.3 is 0 Å². The number of nitrogens with zero attached hydrogens (tertiary/aromatic N) is 2. The van der Waals surface area contributed by atoms with E-state index in [0.29, 0.717) is 4.68 Å². The Morgan fingerprint density at radius 1 is 1.70 bits per heavy atom. The Morgan fingerprint density at radius 2 is 2.30 bits per heavy atom. The van der Waals surface area contributed by atoms with Crippen molar-refractivity contribution in [2.45, 2.75) is 6.55 Å². The second-order valence-electron chi connectivity index (χ2n) is 1.53. The van der Waals surface area contributed by atoms with Crippen molar-refractivity contribution in [2.75, 3.05) is 0 Å². The highest BCUT2D eigenvalue weighted by molar-refractivity contribution is 9.10. The molecule has 0 saturated heterocycles. The third-order valence-corrected chi connectivity index (χ3v) is 1.94. The standard InChI is InChI=1S/C4H2BrClF2N2/c5-3-2(6)1-10(9-3)4(7)8/h1,4H. The van der Waals surface area contributed by atoms with Gasteiger partial charge in [-0.05, 0) is 15.9 Å². The van der Waals surface area contributed by atoms with Crippen LogP contribution in [0.1, 0.15) is 6.55 Å². The minimum absolute atomic E-state index is 0.181. The van der Waals surface area contributed by atoms with Gasteiger partial charge in [-0.25, -0.2) is 4.68 Å². The van der Waals surface area contributed by atoms with Crippen LogP contribution in [0.3, 0.4) is 0 Å². The molecule has 1 heterocycles. The minimum atomic E-state index is -2.64. The molecule has 0 fully saturated rings. The third-order valence-electron chi connectivity index (χ3n) is 0.846. The first-order valence-corrected chi connectivity index (χ1v) is 3.46. The number of halogens is 4. The molecule has 1 aromatic heterocycles. The van der Waals surface area contributed by atoms with Gasteiger partial charge in [0.2, 0.25) is 0 Å². The van der Waals surface area contributed by atoms with Crippen LogP contribution < -0.4 is 0 Å². The molecule has 0 N–H and O–H groups in total. The summed E-state index contributed by atoms with van der Waals surface area (Å²) >= 11 is 8.30. The van der Waals surface area contributed by atoms with Crippen LogP contribution in [0.4, 0.5) is 8.78 Å². The van der Waals surface area contributed by atoms with Crippen LogP contribution in [-0.4, -0.2) is 9.78 Å². The lowest BCUT2D eigenvalue weighted by Gasteiger charge is -1.93. The lowest BCUT2D eigenvalue weighted by Crippen LogP contribution is -1.97. The van der Waals surface area contributed by atoms with Crippen molar-refractivity contribution in [1.82, 2.24) is 9.78 Å². The first kappa shape index (κ1) is 7.94. The molecule has 1 rings (SSSR count). The quantitative estimate of drug-likeness (QED) is 0.726. The van der Waals surface area contributed by atoms with E-state index in [1.807, 2.05) is 0 Å². The van der Waals surface area contributed by atoms with Crippen LogP contribution in [0.25, 0.3) is 0 Å². The van der Waals surface area contributed by atoms with Crippen molar-refractivity contribution < 1.29 is 8.78 Å². The second-order valence-corrected chi connectivity index (χ2v) is 2.68. The van der Waals surface area contributed by atoms with Crippen molar-refractivity contribution in [3.63, 3.8) is 0 Å². The van der Waals surface area contributed by atoms with Gasteiger partial charge in [0.05, 0.1) is 11.2 Å². The molecule has 0 atom stereocenters. The van der Waals surface area contributed by atoms with E-state index in [0.717, 1.165) is 6.20 Å². The minimum Gasteiger partial charge on any atom is -0.209 e. The van der Waals surface area contributed by atoms with E-state index in [2.05, 4.69) is 21.0 Å². The molecule has 0 aromatic carbocycles. The maximum atomic E-state index is 11.8. The summed E-state index contributed by atoms with van der Waals surface area (Å²) in [6.07, 6.45) is 1.05. The zero-order chi connectivity index (χ0) is 7.72. The average Bonchev–Trinajstić information content (AvgIpc) is 2.13. The van der Waals surface area contributed by atoms with Gasteiger partial charge in [-0.15, -0.1) is 0 Å². The van der Waals surface area contributed by atoms with Gasteiger partial charge in [0.1, 0.15) is 4.60 Å². The summed E-state index contributed by atoms with van der Waals surface area (Å²) < 4.78 is 24.3. The monoisotopic (exact) mass is 230 g/mol. The smallest absolute Gasteiger partial charge is 0.209 e. The highest BCUT2D eigenvalue weighted by atomic mass is 79.9. The second kappa shape index (κ2) is 2.84. The largest absolute Gasteiger partial charge is 0.333 e. The van der Waals surface area contributed by atoms with Crippen LogP contribution in [0.2, 0.25) is 5.02 Å². The van der Waals surface area contributed by atoms with Gasteiger partial charge in [0.15, 0.2) is 0 Å². The van der Waals surface area contributed by atoms with E-state index in [9.17, 15) is 8.78 Å². The molecule has 1 aromatic rings. The Labute approximate surface area is 68.9 Å². The summed E-state index contributed by atoms with van der Waals surface area (Å²) in [5.74, 6) is 0. The summed E-state index contributed by atoms with van der Waals surface area (Å²) in [4.78, 5) is 0. The van der Waals surface area contributed by atoms with Gasteiger partial charge in [0.25, 0.3) is 0 Å². The fourth-order valence-corrected chi connectivity index (χ4v) is 0.871. The molecule has 0 saturated carbocycles. The van der Waals surface area contributed by atoms with E-state index < -0.39 is 6.55 Å². The molecule has 0 aliphatic carbocycles. The lowest BCUT2D eigenvalue weighted by atomic mass is 10.7. The number of hydrogen-bond donors (Lipinski definition) is 0. The van der Waals surface area contributed by atoms with Gasteiger partial charge >= 0.3 is 6.55 Å². The maximum absolute atomic E-state index is 11.8. The van der Waals surface area contributed by atoms with Crippen LogP contribution >= 0.6 is 27.5 Å². The predicted molar refractivity (Wildman–Crippen MR) is 36.2 cm³/mol. The zero-order valence-electron chi connectivity index (χ0n) is 4.56. The van der Waals surface area contributed by atoms with Gasteiger partial charge in [-0.2, -0.15) is 13.9 Å². The summed E-state index contributed by atoms with van der Waals surface area (Å²) in [7, 11) is 0. The van der Waals surface area contributed by atoms with Crippen molar-refractivity contribution >= 4 is 27.5 Å². The zero-order valence-corrected chi connectivity index (χ0v) is 6.90. The van der Waals surface area contributed by atoms with E-state index >= 15 is 0 Å². The number of rotatable bonds is 1. The van der Waals surface area contributed by atoms with Crippen molar-refractivity contribution in [1.29, 1.82) is 0 Å². The first-order valence-electron chi connectivity index (χ1n) is 2.29. The molecular weight excluding hydrogens is 229 g/mol. The molecule has 0 aliphatic rings. The van der Waals surface area contributed by atoms with Crippen molar-refractivity contribution in [3.05, 3.63) is 15.8 Å². The molecular formula is C4H2BrClF2N2. The van der Waals surface area contributed by atoms with Crippen LogP contribution in [0.15, 0.2) is 10.8 Å². The summed E-state index contributed by atoms with van der Waals surface area (Å²) in [6, 6.07) is 0. The van der Waals surface area contributed by atoms with Gasteiger partial charge in [-0.3, -0.25) is 0 Å². The summed E-state index contributed by atoms with van der Waals surface area (Å²) in [5.41, 5.74) is 0. The molecule has 6 heteroatoms. The molecule has 2 nitrogen and oxygen atoms in total.